The number of guanidine groups is 1. The van der Waals surface area contributed by atoms with E-state index >= 15 is 0 Å². The van der Waals surface area contributed by atoms with Crippen LogP contribution in [0.2, 0.25) is 5.02 Å². The molecular weight excluding hydrogens is 463 g/mol. The summed E-state index contributed by atoms with van der Waals surface area (Å²) in [6.45, 7) is 5.11. The highest BCUT2D eigenvalue weighted by Crippen LogP contribution is 2.14. The maximum absolute atomic E-state index is 5.92. The fourth-order valence-corrected chi connectivity index (χ4v) is 3.07. The molecule has 26 heavy (non-hydrogen) atoms. The third-order valence-electron chi connectivity index (χ3n) is 4.28. The number of nitrogens with one attached hydrogen (secondary N) is 2. The molecule has 0 amide bonds. The van der Waals surface area contributed by atoms with Gasteiger partial charge in [-0.05, 0) is 37.5 Å². The Hall–Kier alpha value is -1.35. The molecule has 2 aromatic rings. The highest BCUT2D eigenvalue weighted by Gasteiger charge is 2.14. The number of halogens is 2. The number of benzene rings is 1. The molecule has 3 rings (SSSR count). The molecule has 2 heterocycles. The van der Waals surface area contributed by atoms with Gasteiger partial charge in [-0.3, -0.25) is 0 Å². The Labute approximate surface area is 176 Å². The Morgan fingerprint density at radius 1 is 1.15 bits per heavy atom. The first-order chi connectivity index (χ1) is 12.3. The van der Waals surface area contributed by atoms with Crippen molar-refractivity contribution in [3.8, 4) is 0 Å². The highest BCUT2D eigenvalue weighted by atomic mass is 127. The number of rotatable bonds is 5. The number of fused-ring (bicyclic) bond motifs is 1. The fourth-order valence-electron chi connectivity index (χ4n) is 2.94. The summed E-state index contributed by atoms with van der Waals surface area (Å²) in [6, 6.07) is 7.76. The Morgan fingerprint density at radius 3 is 2.73 bits per heavy atom. The first-order valence-corrected chi connectivity index (χ1v) is 9.31. The van der Waals surface area contributed by atoms with Crippen molar-refractivity contribution in [1.82, 2.24) is 25.4 Å². The Bertz CT molecular complexity index is 713. The van der Waals surface area contributed by atoms with Crippen molar-refractivity contribution in [3.05, 3.63) is 46.5 Å². The monoisotopic (exact) mass is 488 g/mol. The topological polar surface area (TPSA) is 67.1 Å². The van der Waals surface area contributed by atoms with Crippen molar-refractivity contribution in [2.45, 2.75) is 52.2 Å². The van der Waals surface area contributed by atoms with E-state index in [9.17, 15) is 0 Å². The summed E-state index contributed by atoms with van der Waals surface area (Å²) >= 11 is 5.92. The second kappa shape index (κ2) is 10.7. The molecule has 0 bridgehead atoms. The summed E-state index contributed by atoms with van der Waals surface area (Å²) in [6.07, 6.45) is 4.69. The fraction of sp³-hybridized carbons (Fsp3) is 0.500. The van der Waals surface area contributed by atoms with Crippen molar-refractivity contribution < 1.29 is 0 Å². The van der Waals surface area contributed by atoms with Crippen molar-refractivity contribution in [2.75, 3.05) is 6.54 Å². The minimum atomic E-state index is 0. The van der Waals surface area contributed by atoms with Crippen molar-refractivity contribution in [1.29, 1.82) is 0 Å². The van der Waals surface area contributed by atoms with Gasteiger partial charge in [0.15, 0.2) is 11.8 Å². The lowest BCUT2D eigenvalue weighted by atomic mass is 10.2. The van der Waals surface area contributed by atoms with Crippen LogP contribution >= 0.6 is 35.6 Å². The lowest BCUT2D eigenvalue weighted by Gasteiger charge is -2.12. The van der Waals surface area contributed by atoms with Crippen LogP contribution in [0.25, 0.3) is 0 Å². The number of hydrogen-bond acceptors (Lipinski definition) is 3. The summed E-state index contributed by atoms with van der Waals surface area (Å²) in [5, 5.41) is 16.1. The molecule has 6 nitrogen and oxygen atoms in total. The summed E-state index contributed by atoms with van der Waals surface area (Å²) in [5.41, 5.74) is 1.12. The molecule has 0 atom stereocenters. The predicted octanol–water partition coefficient (Wildman–Crippen LogP) is 3.53. The van der Waals surface area contributed by atoms with E-state index in [0.29, 0.717) is 13.1 Å². The minimum Gasteiger partial charge on any atom is -0.357 e. The zero-order chi connectivity index (χ0) is 17.5. The van der Waals surface area contributed by atoms with Crippen LogP contribution in [0.3, 0.4) is 0 Å². The van der Waals surface area contributed by atoms with E-state index in [-0.39, 0.29) is 24.0 Å². The number of hydrogen-bond donors (Lipinski definition) is 2. The van der Waals surface area contributed by atoms with Gasteiger partial charge in [0.2, 0.25) is 0 Å². The number of aliphatic imine (C=N–C) groups is 1. The Morgan fingerprint density at radius 2 is 1.96 bits per heavy atom. The quantitative estimate of drug-likeness (QED) is 0.384. The molecule has 0 fully saturated rings. The van der Waals surface area contributed by atoms with E-state index < -0.39 is 0 Å². The van der Waals surface area contributed by atoms with Gasteiger partial charge in [0.05, 0.1) is 13.1 Å². The van der Waals surface area contributed by atoms with Gasteiger partial charge in [-0.2, -0.15) is 0 Å². The SMILES string of the molecule is CCNC(=NCc1ccc(Cl)cc1)NCc1nnc2n1CCCCC2.I. The van der Waals surface area contributed by atoms with Crippen LogP contribution in [0.15, 0.2) is 29.3 Å². The summed E-state index contributed by atoms with van der Waals surface area (Å²) in [7, 11) is 0. The Balaban J connectivity index is 0.00000243. The Kier molecular flexibility index (Phi) is 8.64. The third-order valence-corrected chi connectivity index (χ3v) is 4.53. The average Bonchev–Trinajstić information content (AvgIpc) is 2.85. The number of aromatic nitrogens is 3. The number of nitrogens with zero attached hydrogens (tertiary/aromatic N) is 4. The van der Waals surface area contributed by atoms with Crippen molar-refractivity contribution in [3.63, 3.8) is 0 Å². The minimum absolute atomic E-state index is 0. The van der Waals surface area contributed by atoms with Crippen LogP contribution in [0.1, 0.15) is 43.4 Å². The zero-order valence-electron chi connectivity index (χ0n) is 15.0. The lowest BCUT2D eigenvalue weighted by Crippen LogP contribution is -2.37. The van der Waals surface area contributed by atoms with Crippen LogP contribution in [0, 0.1) is 0 Å². The van der Waals surface area contributed by atoms with E-state index in [0.717, 1.165) is 47.7 Å². The van der Waals surface area contributed by atoms with Crippen LogP contribution in [-0.4, -0.2) is 27.3 Å². The highest BCUT2D eigenvalue weighted by molar-refractivity contribution is 14.0. The first kappa shape index (κ1) is 21.0. The van der Waals surface area contributed by atoms with Crippen LogP contribution < -0.4 is 10.6 Å². The molecule has 1 aromatic carbocycles. The molecule has 0 aliphatic carbocycles. The molecule has 1 aliphatic rings. The zero-order valence-corrected chi connectivity index (χ0v) is 18.1. The lowest BCUT2D eigenvalue weighted by molar-refractivity contribution is 0.596. The summed E-state index contributed by atoms with van der Waals surface area (Å²) in [5.74, 6) is 2.87. The van der Waals surface area contributed by atoms with Gasteiger partial charge >= 0.3 is 0 Å². The van der Waals surface area contributed by atoms with E-state index in [4.69, 9.17) is 11.6 Å². The van der Waals surface area contributed by atoms with Crippen molar-refractivity contribution in [2.24, 2.45) is 4.99 Å². The second-order valence-electron chi connectivity index (χ2n) is 6.17. The van der Waals surface area contributed by atoms with Gasteiger partial charge in [-0.15, -0.1) is 34.2 Å². The van der Waals surface area contributed by atoms with Crippen LogP contribution in [-0.2, 0) is 26.1 Å². The van der Waals surface area contributed by atoms with E-state index in [1.807, 2.05) is 24.3 Å². The predicted molar refractivity (Wildman–Crippen MR) is 116 cm³/mol. The van der Waals surface area contributed by atoms with E-state index in [1.165, 1.54) is 19.3 Å². The normalized spacial score (nSPS) is 14.2. The molecule has 0 unspecified atom stereocenters. The molecule has 0 spiro atoms. The van der Waals surface area contributed by atoms with Gasteiger partial charge < -0.3 is 15.2 Å². The molecular formula is C18H26ClIN6. The van der Waals surface area contributed by atoms with Crippen LogP contribution in [0.5, 0.6) is 0 Å². The molecule has 0 saturated carbocycles. The smallest absolute Gasteiger partial charge is 0.191 e. The van der Waals surface area contributed by atoms with Crippen molar-refractivity contribution >= 4 is 41.5 Å². The maximum Gasteiger partial charge on any atom is 0.191 e. The molecule has 142 valence electrons. The van der Waals surface area contributed by atoms with Gasteiger partial charge in [0.1, 0.15) is 5.82 Å². The van der Waals surface area contributed by atoms with Gasteiger partial charge in [-0.25, -0.2) is 4.99 Å². The maximum atomic E-state index is 5.92. The summed E-state index contributed by atoms with van der Waals surface area (Å²) in [4.78, 5) is 4.64. The molecule has 1 aromatic heterocycles. The standard InChI is InChI=1S/C18H25ClN6.HI/c1-2-20-18(21-12-14-7-9-15(19)10-8-14)22-13-17-24-23-16-6-4-3-5-11-25(16)17;/h7-10H,2-6,11-13H2,1H3,(H2,20,21,22);1H. The second-order valence-corrected chi connectivity index (χ2v) is 6.61. The molecule has 0 saturated heterocycles. The first-order valence-electron chi connectivity index (χ1n) is 8.94. The van der Waals surface area contributed by atoms with Gasteiger partial charge in [-0.1, -0.05) is 30.2 Å². The van der Waals surface area contributed by atoms with E-state index in [2.05, 4.69) is 37.3 Å². The van der Waals surface area contributed by atoms with Gasteiger partial charge in [0.25, 0.3) is 0 Å². The summed E-state index contributed by atoms with van der Waals surface area (Å²) < 4.78 is 2.25. The molecule has 2 N–H and O–H groups in total. The number of aryl methyl sites for hydroxylation is 1. The molecule has 8 heteroatoms. The largest absolute Gasteiger partial charge is 0.357 e. The molecule has 1 aliphatic heterocycles. The third kappa shape index (κ3) is 5.84. The van der Waals surface area contributed by atoms with Gasteiger partial charge in [0, 0.05) is 24.5 Å². The van der Waals surface area contributed by atoms with Crippen LogP contribution in [0.4, 0.5) is 0 Å². The average molecular weight is 489 g/mol. The van der Waals surface area contributed by atoms with E-state index in [1.54, 1.807) is 0 Å². The molecule has 0 radical (unpaired) electrons.